The fraction of sp³-hybridized carbons (Fsp3) is 0.650. The maximum absolute atomic E-state index is 12.1. The van der Waals surface area contributed by atoms with Gasteiger partial charge in [0.05, 0.1) is 0 Å². The first-order chi connectivity index (χ1) is 12.0. The Morgan fingerprint density at radius 2 is 1.64 bits per heavy atom. The molecule has 25 heavy (non-hydrogen) atoms. The Bertz CT molecular complexity index is 477. The Morgan fingerprint density at radius 1 is 0.960 bits per heavy atom. The lowest BCUT2D eigenvalue weighted by molar-refractivity contribution is 0.161. The summed E-state index contributed by atoms with van der Waals surface area (Å²) in [5, 5.41) is 0. The third kappa shape index (κ3) is 10.4. The van der Waals surface area contributed by atoms with Crippen LogP contribution in [0.2, 0.25) is 0 Å². The van der Waals surface area contributed by atoms with Crippen molar-refractivity contribution in [3.05, 3.63) is 29.8 Å². The first-order valence-corrected chi connectivity index (χ1v) is 10.6. The van der Waals surface area contributed by atoms with Crippen LogP contribution in [-0.4, -0.2) is 62.1 Å². The molecule has 0 atom stereocenters. The fourth-order valence-electron chi connectivity index (χ4n) is 2.55. The van der Waals surface area contributed by atoms with E-state index in [0.717, 1.165) is 19.4 Å². The molecule has 0 bridgehead atoms. The van der Waals surface area contributed by atoms with Crippen molar-refractivity contribution >= 4 is 17.9 Å². The highest BCUT2D eigenvalue weighted by Gasteiger charge is 2.11. The van der Waals surface area contributed by atoms with Crippen LogP contribution >= 0.6 is 11.8 Å². The van der Waals surface area contributed by atoms with Crippen molar-refractivity contribution in [3.63, 3.8) is 0 Å². The Hall–Kier alpha value is -1.20. The number of nitrogens with zero attached hydrogens (tertiary/aromatic N) is 2. The van der Waals surface area contributed by atoms with E-state index in [2.05, 4.69) is 23.3 Å². The van der Waals surface area contributed by atoms with Gasteiger partial charge in [-0.05, 0) is 76.0 Å². The molecule has 5 heteroatoms. The van der Waals surface area contributed by atoms with Gasteiger partial charge in [-0.15, -0.1) is 0 Å². The van der Waals surface area contributed by atoms with Crippen molar-refractivity contribution in [2.45, 2.75) is 38.5 Å². The maximum Gasteiger partial charge on any atom is 0.414 e. The van der Waals surface area contributed by atoms with Crippen molar-refractivity contribution in [2.24, 2.45) is 0 Å². The highest BCUT2D eigenvalue weighted by Crippen LogP contribution is 2.16. The second-order valence-electron chi connectivity index (χ2n) is 6.75. The number of rotatable bonds is 12. The predicted octanol–water partition coefficient (Wildman–Crippen LogP) is 4.53. The first-order valence-electron chi connectivity index (χ1n) is 9.18. The number of aryl methyl sites for hydroxylation is 1. The van der Waals surface area contributed by atoms with Crippen LogP contribution in [0.1, 0.15) is 37.7 Å². The monoisotopic (exact) mass is 366 g/mol. The number of amides is 1. The Kier molecular flexibility index (Phi) is 11.4. The van der Waals surface area contributed by atoms with Gasteiger partial charge in [-0.25, -0.2) is 4.79 Å². The summed E-state index contributed by atoms with van der Waals surface area (Å²) in [7, 11) is 5.84. The van der Waals surface area contributed by atoms with E-state index in [1.807, 2.05) is 38.0 Å². The molecule has 0 N–H and O–H groups in total. The minimum atomic E-state index is -0.291. The van der Waals surface area contributed by atoms with Crippen molar-refractivity contribution in [1.29, 1.82) is 0 Å². The molecule has 1 rings (SSSR count). The number of benzene rings is 1. The molecule has 4 nitrogen and oxygen atoms in total. The lowest BCUT2D eigenvalue weighted by Gasteiger charge is -2.18. The van der Waals surface area contributed by atoms with Gasteiger partial charge in [0.15, 0.2) is 0 Å². The van der Waals surface area contributed by atoms with Crippen LogP contribution in [-0.2, 0) is 6.42 Å². The number of thioether (sulfide) groups is 1. The van der Waals surface area contributed by atoms with Crippen LogP contribution in [0, 0.1) is 0 Å². The number of unbranched alkanes of at least 4 members (excludes halogenated alkanes) is 3. The van der Waals surface area contributed by atoms with Crippen LogP contribution in [0.25, 0.3) is 0 Å². The number of carbonyl (C=O) groups is 1. The topological polar surface area (TPSA) is 32.8 Å². The molecule has 0 saturated carbocycles. The molecule has 0 radical (unpaired) electrons. The lowest BCUT2D eigenvalue weighted by atomic mass is 10.1. The SMILES string of the molecule is CSCCCCCCc1ccc(OC(=O)N(C)CCCN(C)C)cc1. The zero-order chi connectivity index (χ0) is 18.5. The molecule has 1 amide bonds. The average molecular weight is 367 g/mol. The van der Waals surface area contributed by atoms with Gasteiger partial charge >= 0.3 is 6.09 Å². The molecule has 1 aromatic carbocycles. The van der Waals surface area contributed by atoms with E-state index >= 15 is 0 Å². The van der Waals surface area contributed by atoms with Gasteiger partial charge in [0.2, 0.25) is 0 Å². The second kappa shape index (κ2) is 13.1. The van der Waals surface area contributed by atoms with E-state index in [9.17, 15) is 4.79 Å². The highest BCUT2D eigenvalue weighted by atomic mass is 32.2. The van der Waals surface area contributed by atoms with E-state index in [1.165, 1.54) is 37.0 Å². The van der Waals surface area contributed by atoms with E-state index in [1.54, 1.807) is 11.9 Å². The van der Waals surface area contributed by atoms with E-state index in [0.29, 0.717) is 12.3 Å². The molecule has 0 heterocycles. The molecular weight excluding hydrogens is 332 g/mol. The Labute approximate surface area is 157 Å². The number of ether oxygens (including phenoxy) is 1. The fourth-order valence-corrected chi connectivity index (χ4v) is 3.04. The summed E-state index contributed by atoms with van der Waals surface area (Å²) in [5.74, 6) is 1.89. The van der Waals surface area contributed by atoms with Crippen LogP contribution in [0.15, 0.2) is 24.3 Å². The van der Waals surface area contributed by atoms with Gasteiger partial charge < -0.3 is 14.5 Å². The summed E-state index contributed by atoms with van der Waals surface area (Å²) < 4.78 is 5.43. The van der Waals surface area contributed by atoms with E-state index < -0.39 is 0 Å². The van der Waals surface area contributed by atoms with E-state index in [4.69, 9.17) is 4.74 Å². The minimum absolute atomic E-state index is 0.291. The maximum atomic E-state index is 12.1. The third-order valence-electron chi connectivity index (χ3n) is 4.10. The molecule has 0 aliphatic heterocycles. The normalized spacial score (nSPS) is 10.9. The number of carbonyl (C=O) groups excluding carboxylic acids is 1. The zero-order valence-electron chi connectivity index (χ0n) is 16.3. The molecule has 0 aliphatic rings. The van der Waals surface area contributed by atoms with Crippen LogP contribution in [0.3, 0.4) is 0 Å². The van der Waals surface area contributed by atoms with Gasteiger partial charge in [0.25, 0.3) is 0 Å². The molecule has 0 fully saturated rings. The lowest BCUT2D eigenvalue weighted by Crippen LogP contribution is -2.32. The molecule has 1 aromatic rings. The standard InChI is InChI=1S/C20H34N2O2S/c1-21(2)15-9-16-22(3)20(23)24-19-13-11-18(12-14-19)10-7-5-6-8-17-25-4/h11-14H,5-10,15-17H2,1-4H3. The van der Waals surface area contributed by atoms with Crippen LogP contribution in [0.5, 0.6) is 5.75 Å². The zero-order valence-corrected chi connectivity index (χ0v) is 17.1. The molecule has 142 valence electrons. The van der Waals surface area contributed by atoms with Crippen molar-refractivity contribution < 1.29 is 9.53 Å². The quantitative estimate of drug-likeness (QED) is 0.509. The van der Waals surface area contributed by atoms with Gasteiger partial charge in [-0.2, -0.15) is 11.8 Å². The molecular formula is C20H34N2O2S. The smallest absolute Gasteiger partial charge is 0.410 e. The molecule has 0 unspecified atom stereocenters. The molecule has 0 spiro atoms. The molecule has 0 aromatic heterocycles. The highest BCUT2D eigenvalue weighted by molar-refractivity contribution is 7.98. The predicted molar refractivity (Wildman–Crippen MR) is 109 cm³/mol. The largest absolute Gasteiger partial charge is 0.414 e. The van der Waals surface area contributed by atoms with Crippen LogP contribution < -0.4 is 4.74 Å². The van der Waals surface area contributed by atoms with Crippen molar-refractivity contribution in [1.82, 2.24) is 9.80 Å². The summed E-state index contributed by atoms with van der Waals surface area (Å²) >= 11 is 1.92. The van der Waals surface area contributed by atoms with Crippen LogP contribution in [0.4, 0.5) is 4.79 Å². The second-order valence-corrected chi connectivity index (χ2v) is 7.73. The van der Waals surface area contributed by atoms with E-state index in [-0.39, 0.29) is 6.09 Å². The Balaban J connectivity index is 2.27. The van der Waals surface area contributed by atoms with Gasteiger partial charge in [-0.3, -0.25) is 0 Å². The summed E-state index contributed by atoms with van der Waals surface area (Å²) in [5.41, 5.74) is 1.31. The Morgan fingerprint density at radius 3 is 2.28 bits per heavy atom. The third-order valence-corrected chi connectivity index (χ3v) is 4.80. The van der Waals surface area contributed by atoms with Gasteiger partial charge in [0, 0.05) is 13.6 Å². The summed E-state index contributed by atoms with van der Waals surface area (Å²) in [6.07, 6.45) is 9.05. The first kappa shape index (κ1) is 21.8. The molecule has 0 saturated heterocycles. The van der Waals surface area contributed by atoms with Crippen molar-refractivity contribution in [3.8, 4) is 5.75 Å². The summed E-state index contributed by atoms with van der Waals surface area (Å²) in [6, 6.07) is 7.93. The minimum Gasteiger partial charge on any atom is -0.410 e. The molecule has 0 aliphatic carbocycles. The number of hydrogen-bond donors (Lipinski definition) is 0. The van der Waals surface area contributed by atoms with Gasteiger partial charge in [-0.1, -0.05) is 25.0 Å². The summed E-state index contributed by atoms with van der Waals surface area (Å²) in [6.45, 7) is 1.66. The van der Waals surface area contributed by atoms with Crippen molar-refractivity contribution in [2.75, 3.05) is 46.2 Å². The average Bonchev–Trinajstić information content (AvgIpc) is 2.59. The summed E-state index contributed by atoms with van der Waals surface area (Å²) in [4.78, 5) is 15.8. The van der Waals surface area contributed by atoms with Gasteiger partial charge in [0.1, 0.15) is 5.75 Å². The number of hydrogen-bond acceptors (Lipinski definition) is 4.